The topological polar surface area (TPSA) is 87.6 Å². The van der Waals surface area contributed by atoms with Gasteiger partial charge in [0, 0.05) is 24.8 Å². The lowest BCUT2D eigenvalue weighted by molar-refractivity contribution is -0.145. The maximum Gasteiger partial charge on any atom is 0.309 e. The average Bonchev–Trinajstić information content (AvgIpc) is 2.46. The molecule has 22 heavy (non-hydrogen) atoms. The lowest BCUT2D eigenvalue weighted by Gasteiger charge is -2.35. The van der Waals surface area contributed by atoms with E-state index in [2.05, 4.69) is 4.98 Å². The Balaban J connectivity index is 1.80. The van der Waals surface area contributed by atoms with E-state index >= 15 is 0 Å². The molecule has 1 aromatic carbocycles. The maximum atomic E-state index is 12.3. The Labute approximate surface area is 128 Å². The zero-order chi connectivity index (χ0) is 15.7. The molecule has 3 rings (SSSR count). The smallest absolute Gasteiger partial charge is 0.309 e. The van der Waals surface area contributed by atoms with Crippen molar-refractivity contribution in [2.24, 2.45) is 5.92 Å². The largest absolute Gasteiger partial charge is 0.481 e. The summed E-state index contributed by atoms with van der Waals surface area (Å²) in [6.07, 6.45) is 1.67. The van der Waals surface area contributed by atoms with Crippen molar-refractivity contribution < 1.29 is 18.3 Å². The lowest BCUT2D eigenvalue weighted by Crippen LogP contribution is -2.52. The van der Waals surface area contributed by atoms with Crippen molar-refractivity contribution in [2.45, 2.75) is 4.90 Å². The Kier molecular flexibility index (Phi) is 3.67. The quantitative estimate of drug-likeness (QED) is 0.922. The number of aliphatic carboxylic acids is 1. The number of carbonyl (C=O) groups is 1. The van der Waals surface area contributed by atoms with Crippen LogP contribution in [0.3, 0.4) is 0 Å². The summed E-state index contributed by atoms with van der Waals surface area (Å²) in [7, 11) is -3.62. The van der Waals surface area contributed by atoms with Gasteiger partial charge in [0.05, 0.1) is 16.5 Å². The van der Waals surface area contributed by atoms with E-state index in [1.54, 1.807) is 18.3 Å². The fourth-order valence-electron chi connectivity index (χ4n) is 2.27. The second-order valence-corrected chi connectivity index (χ2v) is 7.03. The number of benzene rings is 1. The molecule has 0 aliphatic carbocycles. The van der Waals surface area contributed by atoms with Gasteiger partial charge in [-0.25, -0.2) is 8.42 Å². The van der Waals surface area contributed by atoms with Crippen LogP contribution in [0, 0.1) is 5.92 Å². The second-order valence-electron chi connectivity index (χ2n) is 5.10. The normalized spacial score (nSPS) is 16.2. The first-order chi connectivity index (χ1) is 10.5. The average molecular weight is 318 g/mol. The molecule has 1 aliphatic heterocycles. The molecule has 0 saturated carbocycles. The summed E-state index contributed by atoms with van der Waals surface area (Å²) in [5.41, 5.74) is 1.59. The first-order valence-electron chi connectivity index (χ1n) is 6.73. The fourth-order valence-corrected chi connectivity index (χ4v) is 3.80. The van der Waals surface area contributed by atoms with Crippen molar-refractivity contribution in [3.05, 3.63) is 48.7 Å². The number of pyridine rings is 1. The molecule has 114 valence electrons. The van der Waals surface area contributed by atoms with Gasteiger partial charge in [-0.15, -0.1) is 0 Å². The zero-order valence-corrected chi connectivity index (χ0v) is 12.4. The number of carboxylic acids is 1. The molecule has 1 saturated heterocycles. The number of nitrogens with zero attached hydrogens (tertiary/aromatic N) is 2. The molecule has 1 aliphatic rings. The Hall–Kier alpha value is -2.25. The van der Waals surface area contributed by atoms with Crippen LogP contribution < -0.4 is 0 Å². The van der Waals surface area contributed by atoms with E-state index in [1.807, 2.05) is 18.2 Å². The second kappa shape index (κ2) is 5.51. The number of rotatable bonds is 4. The summed E-state index contributed by atoms with van der Waals surface area (Å²) < 4.78 is 25.9. The van der Waals surface area contributed by atoms with Gasteiger partial charge in [0.15, 0.2) is 0 Å². The molecular weight excluding hydrogens is 304 g/mol. The molecule has 2 heterocycles. The molecular formula is C15H14N2O4S. The van der Waals surface area contributed by atoms with Crippen molar-refractivity contribution in [3.63, 3.8) is 0 Å². The number of sulfonamides is 1. The molecule has 1 aromatic heterocycles. The molecule has 0 radical (unpaired) electrons. The van der Waals surface area contributed by atoms with Crippen LogP contribution in [0.1, 0.15) is 0 Å². The molecule has 0 spiro atoms. The predicted molar refractivity (Wildman–Crippen MR) is 79.6 cm³/mol. The minimum atomic E-state index is -3.62. The molecule has 0 atom stereocenters. The first kappa shape index (κ1) is 14.7. The van der Waals surface area contributed by atoms with Crippen LogP contribution >= 0.6 is 0 Å². The number of carboxylic acid groups (broad SMARTS) is 1. The Bertz CT molecular complexity index is 782. The SMILES string of the molecule is O=C(O)C1CN(S(=O)(=O)c2ccc(-c3ccccn3)cc2)C1. The summed E-state index contributed by atoms with van der Waals surface area (Å²) >= 11 is 0. The van der Waals surface area contributed by atoms with Gasteiger partial charge in [0.25, 0.3) is 0 Å². The standard InChI is InChI=1S/C15H14N2O4S/c18-15(19)12-9-17(10-12)22(20,21)13-6-4-11(5-7-13)14-3-1-2-8-16-14/h1-8,12H,9-10H2,(H,18,19). The molecule has 1 N–H and O–H groups in total. The van der Waals surface area contributed by atoms with Crippen LogP contribution in [0.15, 0.2) is 53.6 Å². The summed E-state index contributed by atoms with van der Waals surface area (Å²) in [6, 6.07) is 12.0. The Morgan fingerprint density at radius 3 is 2.36 bits per heavy atom. The minimum absolute atomic E-state index is 0.0274. The zero-order valence-electron chi connectivity index (χ0n) is 11.6. The van der Waals surface area contributed by atoms with E-state index in [4.69, 9.17) is 5.11 Å². The van der Waals surface area contributed by atoms with Gasteiger partial charge in [-0.3, -0.25) is 9.78 Å². The third-order valence-electron chi connectivity index (χ3n) is 3.65. The molecule has 0 amide bonds. The lowest BCUT2D eigenvalue weighted by atomic mass is 10.0. The van der Waals surface area contributed by atoms with Crippen LogP contribution in [0.5, 0.6) is 0 Å². The van der Waals surface area contributed by atoms with Gasteiger partial charge in [-0.05, 0) is 24.3 Å². The maximum absolute atomic E-state index is 12.3. The van der Waals surface area contributed by atoms with Crippen molar-refractivity contribution in [2.75, 3.05) is 13.1 Å². The highest BCUT2D eigenvalue weighted by Crippen LogP contribution is 2.26. The van der Waals surface area contributed by atoms with Crippen LogP contribution in [-0.4, -0.2) is 41.9 Å². The van der Waals surface area contributed by atoms with Crippen LogP contribution in [0.4, 0.5) is 0 Å². The van der Waals surface area contributed by atoms with Gasteiger partial charge in [0.1, 0.15) is 0 Å². The highest BCUT2D eigenvalue weighted by molar-refractivity contribution is 7.89. The van der Waals surface area contributed by atoms with Crippen LogP contribution in [-0.2, 0) is 14.8 Å². The Morgan fingerprint density at radius 1 is 1.14 bits per heavy atom. The van der Waals surface area contributed by atoms with E-state index in [9.17, 15) is 13.2 Å². The number of hydrogen-bond donors (Lipinski definition) is 1. The molecule has 7 heteroatoms. The van der Waals surface area contributed by atoms with Gasteiger partial charge >= 0.3 is 5.97 Å². The molecule has 1 fully saturated rings. The highest BCUT2D eigenvalue weighted by Gasteiger charge is 2.40. The summed E-state index contributed by atoms with van der Waals surface area (Å²) in [5, 5.41) is 8.82. The van der Waals surface area contributed by atoms with E-state index in [-0.39, 0.29) is 18.0 Å². The van der Waals surface area contributed by atoms with E-state index in [0.717, 1.165) is 11.3 Å². The number of aromatic nitrogens is 1. The van der Waals surface area contributed by atoms with Gasteiger partial charge in [-0.1, -0.05) is 18.2 Å². The van der Waals surface area contributed by atoms with E-state index in [0.29, 0.717) is 0 Å². The molecule has 0 unspecified atom stereocenters. The summed E-state index contributed by atoms with van der Waals surface area (Å²) in [6.45, 7) is 0.0549. The van der Waals surface area contributed by atoms with Crippen LogP contribution in [0.25, 0.3) is 11.3 Å². The van der Waals surface area contributed by atoms with Crippen LogP contribution in [0.2, 0.25) is 0 Å². The summed E-state index contributed by atoms with van der Waals surface area (Å²) in [5.74, 6) is -1.57. The van der Waals surface area contributed by atoms with Crippen molar-refractivity contribution in [1.82, 2.24) is 9.29 Å². The Morgan fingerprint density at radius 2 is 1.82 bits per heavy atom. The number of hydrogen-bond acceptors (Lipinski definition) is 4. The predicted octanol–water partition coefficient (Wildman–Crippen LogP) is 1.45. The third kappa shape index (κ3) is 2.60. The summed E-state index contributed by atoms with van der Waals surface area (Å²) in [4.78, 5) is 15.1. The highest BCUT2D eigenvalue weighted by atomic mass is 32.2. The monoisotopic (exact) mass is 318 g/mol. The van der Waals surface area contributed by atoms with Crippen molar-refractivity contribution in [3.8, 4) is 11.3 Å². The fraction of sp³-hybridized carbons (Fsp3) is 0.200. The third-order valence-corrected chi connectivity index (χ3v) is 5.50. The van der Waals surface area contributed by atoms with Crippen molar-refractivity contribution >= 4 is 16.0 Å². The van der Waals surface area contributed by atoms with Gasteiger partial charge in [-0.2, -0.15) is 4.31 Å². The van der Waals surface area contributed by atoms with Gasteiger partial charge in [0.2, 0.25) is 10.0 Å². The molecule has 6 nitrogen and oxygen atoms in total. The molecule has 0 bridgehead atoms. The van der Waals surface area contributed by atoms with Gasteiger partial charge < -0.3 is 5.11 Å². The molecule has 2 aromatic rings. The van der Waals surface area contributed by atoms with E-state index < -0.39 is 21.9 Å². The van der Waals surface area contributed by atoms with E-state index in [1.165, 1.54) is 16.4 Å². The van der Waals surface area contributed by atoms with Crippen molar-refractivity contribution in [1.29, 1.82) is 0 Å². The minimum Gasteiger partial charge on any atom is -0.481 e. The first-order valence-corrected chi connectivity index (χ1v) is 8.17.